The van der Waals surface area contributed by atoms with Crippen LogP contribution >= 0.6 is 11.3 Å². The molecule has 2 heterocycles. The average Bonchev–Trinajstić information content (AvgIpc) is 2.87. The van der Waals surface area contributed by atoms with E-state index in [1.54, 1.807) is 4.90 Å². The van der Waals surface area contributed by atoms with Gasteiger partial charge in [0.1, 0.15) is 17.1 Å². The van der Waals surface area contributed by atoms with Crippen molar-refractivity contribution < 1.29 is 9.59 Å². The van der Waals surface area contributed by atoms with Gasteiger partial charge in [0, 0.05) is 11.1 Å². The number of thiazole rings is 1. The van der Waals surface area contributed by atoms with Crippen LogP contribution in [-0.4, -0.2) is 33.8 Å². The highest BCUT2D eigenvalue weighted by molar-refractivity contribution is 7.09. The fourth-order valence-electron chi connectivity index (χ4n) is 2.66. The van der Waals surface area contributed by atoms with Crippen LogP contribution in [0.3, 0.4) is 0 Å². The number of aryl methyl sites for hydroxylation is 1. The van der Waals surface area contributed by atoms with Crippen molar-refractivity contribution in [3.8, 4) is 0 Å². The molecule has 0 radical (unpaired) electrons. The molecule has 1 fully saturated rings. The van der Waals surface area contributed by atoms with Crippen molar-refractivity contribution in [2.24, 2.45) is 5.92 Å². The topological polar surface area (TPSA) is 62.3 Å². The van der Waals surface area contributed by atoms with Gasteiger partial charge in [0.05, 0.1) is 6.54 Å². The maximum absolute atomic E-state index is 12.6. The van der Waals surface area contributed by atoms with Gasteiger partial charge in [-0.3, -0.25) is 9.59 Å². The molecule has 1 aromatic heterocycles. The first-order valence-corrected chi connectivity index (χ1v) is 8.37. The number of hydrogen-bond acceptors (Lipinski definition) is 4. The summed E-state index contributed by atoms with van der Waals surface area (Å²) in [5.41, 5.74) is 0.955. The third-order valence-electron chi connectivity index (χ3n) is 4.07. The smallest absolute Gasteiger partial charge is 0.246 e. The number of aromatic nitrogens is 1. The number of carbonyl (C=O) groups excluding carboxylic acids is 2. The SMILES string of the molecule is CCC1NC(=O)C(C(C)CC)N(Cc2nc(C)cs2)C1=O. The van der Waals surface area contributed by atoms with Crippen molar-refractivity contribution in [3.05, 3.63) is 16.1 Å². The molecular weight excluding hydrogens is 286 g/mol. The van der Waals surface area contributed by atoms with Crippen molar-refractivity contribution in [1.82, 2.24) is 15.2 Å². The van der Waals surface area contributed by atoms with E-state index in [0.29, 0.717) is 13.0 Å². The quantitative estimate of drug-likeness (QED) is 0.906. The van der Waals surface area contributed by atoms with E-state index >= 15 is 0 Å². The zero-order valence-corrected chi connectivity index (χ0v) is 13.9. The molecule has 3 unspecified atom stereocenters. The standard InChI is InChI=1S/C15H23N3O2S/c1-5-9(3)13-14(19)17-11(6-2)15(20)18(13)7-12-16-10(4)8-21-12/h8-9,11,13H,5-7H2,1-4H3,(H,17,19). The summed E-state index contributed by atoms with van der Waals surface area (Å²) < 4.78 is 0. The lowest BCUT2D eigenvalue weighted by Crippen LogP contribution is -2.64. The summed E-state index contributed by atoms with van der Waals surface area (Å²) in [7, 11) is 0. The number of rotatable bonds is 5. The van der Waals surface area contributed by atoms with E-state index in [1.165, 1.54) is 11.3 Å². The third kappa shape index (κ3) is 3.26. The number of carbonyl (C=O) groups is 2. The molecule has 1 aliphatic rings. The Morgan fingerprint density at radius 3 is 2.67 bits per heavy atom. The van der Waals surface area contributed by atoms with E-state index in [9.17, 15) is 9.59 Å². The van der Waals surface area contributed by atoms with Gasteiger partial charge in [0.2, 0.25) is 11.8 Å². The van der Waals surface area contributed by atoms with Gasteiger partial charge in [-0.25, -0.2) is 4.98 Å². The van der Waals surface area contributed by atoms with Crippen LogP contribution < -0.4 is 5.32 Å². The molecule has 2 amide bonds. The summed E-state index contributed by atoms with van der Waals surface area (Å²) in [6, 6.07) is -0.798. The maximum atomic E-state index is 12.6. The Bertz CT molecular complexity index is 529. The van der Waals surface area contributed by atoms with Gasteiger partial charge in [-0.15, -0.1) is 11.3 Å². The molecule has 21 heavy (non-hydrogen) atoms. The van der Waals surface area contributed by atoms with Gasteiger partial charge >= 0.3 is 0 Å². The molecule has 116 valence electrons. The summed E-state index contributed by atoms with van der Waals surface area (Å²) in [4.78, 5) is 31.2. The van der Waals surface area contributed by atoms with Crippen molar-refractivity contribution in [1.29, 1.82) is 0 Å². The lowest BCUT2D eigenvalue weighted by molar-refractivity contribution is -0.152. The van der Waals surface area contributed by atoms with Crippen molar-refractivity contribution in [3.63, 3.8) is 0 Å². The van der Waals surface area contributed by atoms with Crippen LogP contribution in [0.5, 0.6) is 0 Å². The Labute approximate surface area is 129 Å². The van der Waals surface area contributed by atoms with Gasteiger partial charge < -0.3 is 10.2 Å². The maximum Gasteiger partial charge on any atom is 0.246 e. The molecule has 3 atom stereocenters. The molecule has 0 saturated carbocycles. The van der Waals surface area contributed by atoms with E-state index in [0.717, 1.165) is 17.1 Å². The largest absolute Gasteiger partial charge is 0.343 e. The number of nitrogens with zero attached hydrogens (tertiary/aromatic N) is 2. The van der Waals surface area contributed by atoms with Gasteiger partial charge in [-0.05, 0) is 19.3 Å². The number of nitrogens with one attached hydrogen (secondary N) is 1. The lowest BCUT2D eigenvalue weighted by atomic mass is 9.93. The van der Waals surface area contributed by atoms with Crippen LogP contribution in [0.4, 0.5) is 0 Å². The second-order valence-corrected chi connectivity index (χ2v) is 6.59. The Kier molecular flexibility index (Phi) is 4.98. The highest BCUT2D eigenvalue weighted by Crippen LogP contribution is 2.24. The fourth-order valence-corrected chi connectivity index (χ4v) is 3.43. The lowest BCUT2D eigenvalue weighted by Gasteiger charge is -2.40. The second kappa shape index (κ2) is 6.56. The zero-order chi connectivity index (χ0) is 15.6. The van der Waals surface area contributed by atoms with Crippen LogP contribution in [0.25, 0.3) is 0 Å². The first-order chi connectivity index (χ1) is 9.97. The third-order valence-corrected chi connectivity index (χ3v) is 5.02. The highest BCUT2D eigenvalue weighted by Gasteiger charge is 2.42. The number of piperazine rings is 1. The Balaban J connectivity index is 2.28. The minimum absolute atomic E-state index is 0.00949. The van der Waals surface area contributed by atoms with E-state index in [1.807, 2.05) is 33.1 Å². The molecule has 0 aromatic carbocycles. The zero-order valence-electron chi connectivity index (χ0n) is 13.0. The molecule has 1 aromatic rings. The molecule has 5 nitrogen and oxygen atoms in total. The van der Waals surface area contributed by atoms with Crippen LogP contribution in [0.15, 0.2) is 5.38 Å². The van der Waals surface area contributed by atoms with E-state index in [4.69, 9.17) is 0 Å². The van der Waals surface area contributed by atoms with Gasteiger partial charge in [-0.2, -0.15) is 0 Å². The fraction of sp³-hybridized carbons (Fsp3) is 0.667. The minimum atomic E-state index is -0.404. The predicted octanol–water partition coefficient (Wildman–Crippen LogP) is 2.10. The first-order valence-electron chi connectivity index (χ1n) is 7.49. The van der Waals surface area contributed by atoms with Gasteiger partial charge in [0.15, 0.2) is 0 Å². The Hall–Kier alpha value is -1.43. The van der Waals surface area contributed by atoms with E-state index in [-0.39, 0.29) is 17.7 Å². The van der Waals surface area contributed by atoms with Crippen molar-refractivity contribution in [2.75, 3.05) is 0 Å². The molecule has 0 aliphatic carbocycles. The summed E-state index contributed by atoms with van der Waals surface area (Å²) in [6.07, 6.45) is 1.47. The van der Waals surface area contributed by atoms with Gasteiger partial charge in [-0.1, -0.05) is 27.2 Å². The van der Waals surface area contributed by atoms with Crippen molar-refractivity contribution in [2.45, 2.75) is 59.2 Å². The minimum Gasteiger partial charge on any atom is -0.343 e. The molecule has 1 N–H and O–H groups in total. The summed E-state index contributed by atoms with van der Waals surface area (Å²) >= 11 is 1.54. The molecule has 1 saturated heterocycles. The molecule has 6 heteroatoms. The number of hydrogen-bond donors (Lipinski definition) is 1. The normalized spacial score (nSPS) is 24.1. The average molecular weight is 309 g/mol. The van der Waals surface area contributed by atoms with Crippen LogP contribution in [-0.2, 0) is 16.1 Å². The van der Waals surface area contributed by atoms with Gasteiger partial charge in [0.25, 0.3) is 0 Å². The molecular formula is C15H23N3O2S. The number of amides is 2. The van der Waals surface area contributed by atoms with Crippen LogP contribution in [0.2, 0.25) is 0 Å². The van der Waals surface area contributed by atoms with Crippen molar-refractivity contribution >= 4 is 23.2 Å². The van der Waals surface area contributed by atoms with E-state index in [2.05, 4.69) is 10.3 Å². The summed E-state index contributed by atoms with van der Waals surface area (Å²) in [6.45, 7) is 8.34. The Morgan fingerprint density at radius 2 is 2.14 bits per heavy atom. The Morgan fingerprint density at radius 1 is 1.43 bits per heavy atom. The molecule has 2 rings (SSSR count). The van der Waals surface area contributed by atoms with E-state index < -0.39 is 12.1 Å². The van der Waals surface area contributed by atoms with Crippen LogP contribution in [0.1, 0.15) is 44.3 Å². The monoisotopic (exact) mass is 309 g/mol. The summed E-state index contributed by atoms with van der Waals surface area (Å²) in [5.74, 6) is 0.104. The molecule has 0 bridgehead atoms. The summed E-state index contributed by atoms with van der Waals surface area (Å²) in [5, 5.41) is 5.71. The highest BCUT2D eigenvalue weighted by atomic mass is 32.1. The second-order valence-electron chi connectivity index (χ2n) is 5.65. The van der Waals surface area contributed by atoms with Crippen LogP contribution in [0, 0.1) is 12.8 Å². The first kappa shape index (κ1) is 15.9. The molecule has 1 aliphatic heterocycles. The predicted molar refractivity (Wildman–Crippen MR) is 82.9 cm³/mol. The molecule has 0 spiro atoms.